The fourth-order valence-corrected chi connectivity index (χ4v) is 1.27. The van der Waals surface area contributed by atoms with Crippen molar-refractivity contribution in [1.82, 2.24) is 4.98 Å². The van der Waals surface area contributed by atoms with Crippen molar-refractivity contribution in [3.63, 3.8) is 0 Å². The fraction of sp³-hybridized carbons (Fsp3) is 0.444. The molecule has 0 aliphatic heterocycles. The van der Waals surface area contributed by atoms with Gasteiger partial charge in [-0.15, -0.1) is 0 Å². The van der Waals surface area contributed by atoms with Crippen molar-refractivity contribution in [2.75, 3.05) is 0 Å². The lowest BCUT2D eigenvalue weighted by molar-refractivity contribution is 0.301. The molecule has 1 heterocycles. The van der Waals surface area contributed by atoms with E-state index in [2.05, 4.69) is 34.5 Å². The third kappa shape index (κ3) is 1.88. The van der Waals surface area contributed by atoms with Crippen molar-refractivity contribution in [1.29, 1.82) is 0 Å². The van der Waals surface area contributed by atoms with Crippen LogP contribution in [0, 0.1) is 10.6 Å². The molecule has 1 aromatic rings. The van der Waals surface area contributed by atoms with Crippen LogP contribution in [0.5, 0.6) is 5.75 Å². The molecule has 0 N–H and O–H groups in total. The van der Waals surface area contributed by atoms with Gasteiger partial charge in [0.15, 0.2) is 0 Å². The Kier molecular flexibility index (Phi) is 2.21. The van der Waals surface area contributed by atoms with Crippen LogP contribution in [0.3, 0.4) is 0 Å². The summed E-state index contributed by atoms with van der Waals surface area (Å²) >= 11 is 2.22. The van der Waals surface area contributed by atoms with Crippen LogP contribution < -0.4 is 4.74 Å². The lowest BCUT2D eigenvalue weighted by Gasteiger charge is -2.04. The normalized spacial score (nSPS) is 16.2. The summed E-state index contributed by atoms with van der Waals surface area (Å²) in [5.41, 5.74) is 1.19. The van der Waals surface area contributed by atoms with Crippen molar-refractivity contribution in [3.05, 3.63) is 21.5 Å². The number of pyridine rings is 1. The Balaban J connectivity index is 2.15. The molecular weight excluding hydrogens is 265 g/mol. The Morgan fingerprint density at radius 1 is 1.58 bits per heavy atom. The highest BCUT2D eigenvalue weighted by molar-refractivity contribution is 14.1. The summed E-state index contributed by atoms with van der Waals surface area (Å²) in [6.45, 7) is 2.05. The minimum Gasteiger partial charge on any atom is -0.489 e. The van der Waals surface area contributed by atoms with E-state index in [1.807, 2.05) is 6.07 Å². The predicted molar refractivity (Wildman–Crippen MR) is 55.3 cm³/mol. The molecule has 0 unspecified atom stereocenters. The fourth-order valence-electron chi connectivity index (χ4n) is 0.975. The molecule has 1 saturated carbocycles. The zero-order valence-corrected chi connectivity index (χ0v) is 9.04. The first kappa shape index (κ1) is 8.29. The first-order chi connectivity index (χ1) is 5.75. The van der Waals surface area contributed by atoms with Gasteiger partial charge in [-0.1, -0.05) is 0 Å². The maximum absolute atomic E-state index is 5.60. The lowest BCUT2D eigenvalue weighted by atomic mass is 10.3. The maximum atomic E-state index is 5.60. The van der Waals surface area contributed by atoms with Crippen molar-refractivity contribution in [2.45, 2.75) is 25.9 Å². The van der Waals surface area contributed by atoms with Crippen molar-refractivity contribution in [3.8, 4) is 5.75 Å². The highest BCUT2D eigenvalue weighted by atomic mass is 127. The van der Waals surface area contributed by atoms with E-state index >= 15 is 0 Å². The van der Waals surface area contributed by atoms with E-state index in [1.54, 1.807) is 6.20 Å². The van der Waals surface area contributed by atoms with E-state index in [4.69, 9.17) is 4.74 Å². The van der Waals surface area contributed by atoms with E-state index in [0.717, 1.165) is 9.45 Å². The highest BCUT2D eigenvalue weighted by Crippen LogP contribution is 2.27. The first-order valence-electron chi connectivity index (χ1n) is 4.04. The quantitative estimate of drug-likeness (QED) is 0.611. The van der Waals surface area contributed by atoms with E-state index in [0.29, 0.717) is 6.10 Å². The van der Waals surface area contributed by atoms with E-state index < -0.39 is 0 Å². The SMILES string of the molecule is Cc1cc(OC2CC2)cnc1I. The molecule has 1 aliphatic carbocycles. The van der Waals surface area contributed by atoms with Crippen LogP contribution in [-0.4, -0.2) is 11.1 Å². The second kappa shape index (κ2) is 3.20. The third-order valence-corrected chi connectivity index (χ3v) is 2.95. The maximum Gasteiger partial charge on any atom is 0.138 e. The van der Waals surface area contributed by atoms with Crippen LogP contribution in [0.25, 0.3) is 0 Å². The summed E-state index contributed by atoms with van der Waals surface area (Å²) in [6.07, 6.45) is 4.66. The molecule has 3 heteroatoms. The molecule has 0 spiro atoms. The molecular formula is C9H10INO. The number of aryl methyl sites for hydroxylation is 1. The second-order valence-corrected chi connectivity index (χ2v) is 4.12. The molecule has 1 aromatic heterocycles. The van der Waals surface area contributed by atoms with Crippen molar-refractivity contribution in [2.24, 2.45) is 0 Å². The summed E-state index contributed by atoms with van der Waals surface area (Å²) in [6, 6.07) is 2.05. The average Bonchev–Trinajstić information content (AvgIpc) is 2.81. The predicted octanol–water partition coefficient (Wildman–Crippen LogP) is 2.54. The van der Waals surface area contributed by atoms with E-state index in [9.17, 15) is 0 Å². The summed E-state index contributed by atoms with van der Waals surface area (Å²) < 4.78 is 6.65. The molecule has 64 valence electrons. The van der Waals surface area contributed by atoms with Crippen molar-refractivity contribution >= 4 is 22.6 Å². The van der Waals surface area contributed by atoms with Gasteiger partial charge in [0, 0.05) is 0 Å². The van der Waals surface area contributed by atoms with Gasteiger partial charge in [-0.25, -0.2) is 4.98 Å². The summed E-state index contributed by atoms with van der Waals surface area (Å²) in [5, 5.41) is 0. The molecule has 0 atom stereocenters. The van der Waals surface area contributed by atoms with Crippen LogP contribution in [0.15, 0.2) is 12.3 Å². The minimum atomic E-state index is 0.464. The highest BCUT2D eigenvalue weighted by Gasteiger charge is 2.23. The molecule has 12 heavy (non-hydrogen) atoms. The molecule has 0 aromatic carbocycles. The van der Waals surface area contributed by atoms with Crippen molar-refractivity contribution < 1.29 is 4.74 Å². The Morgan fingerprint density at radius 3 is 2.92 bits per heavy atom. The van der Waals surface area contributed by atoms with Gasteiger partial charge in [0.25, 0.3) is 0 Å². The summed E-state index contributed by atoms with van der Waals surface area (Å²) in [7, 11) is 0. The number of rotatable bonds is 2. The van der Waals surface area contributed by atoms with Gasteiger partial charge in [0.1, 0.15) is 9.45 Å². The largest absolute Gasteiger partial charge is 0.489 e. The van der Waals surface area contributed by atoms with Crippen LogP contribution >= 0.6 is 22.6 Å². The van der Waals surface area contributed by atoms with Gasteiger partial charge in [-0.05, 0) is 54.0 Å². The molecule has 2 rings (SSSR count). The standard InChI is InChI=1S/C9H10INO/c1-6-4-8(5-11-9(6)10)12-7-2-3-7/h4-5,7H,2-3H2,1H3. The molecule has 0 saturated heterocycles. The van der Waals surface area contributed by atoms with Gasteiger partial charge in [-0.3, -0.25) is 0 Å². The van der Waals surface area contributed by atoms with Crippen LogP contribution in [0.2, 0.25) is 0 Å². The zero-order chi connectivity index (χ0) is 8.55. The van der Waals surface area contributed by atoms with Crippen LogP contribution in [0.4, 0.5) is 0 Å². The van der Waals surface area contributed by atoms with Gasteiger partial charge < -0.3 is 4.74 Å². The Bertz CT molecular complexity index is 297. The smallest absolute Gasteiger partial charge is 0.138 e. The number of ether oxygens (including phenoxy) is 1. The van der Waals surface area contributed by atoms with E-state index in [1.165, 1.54) is 18.4 Å². The topological polar surface area (TPSA) is 22.1 Å². The third-order valence-electron chi connectivity index (χ3n) is 1.82. The van der Waals surface area contributed by atoms with Gasteiger partial charge in [-0.2, -0.15) is 0 Å². The summed E-state index contributed by atoms with van der Waals surface area (Å²) in [4.78, 5) is 4.22. The van der Waals surface area contributed by atoms with Gasteiger partial charge in [0.2, 0.25) is 0 Å². The molecule has 2 nitrogen and oxygen atoms in total. The molecule has 0 amide bonds. The Morgan fingerprint density at radius 2 is 2.33 bits per heavy atom. The Labute approximate surface area is 85.5 Å². The number of aromatic nitrogens is 1. The van der Waals surface area contributed by atoms with E-state index in [-0.39, 0.29) is 0 Å². The average molecular weight is 275 g/mol. The van der Waals surface area contributed by atoms with Gasteiger partial charge >= 0.3 is 0 Å². The lowest BCUT2D eigenvalue weighted by Crippen LogP contribution is -1.97. The molecule has 0 bridgehead atoms. The monoisotopic (exact) mass is 275 g/mol. The molecule has 0 radical (unpaired) electrons. The first-order valence-corrected chi connectivity index (χ1v) is 5.12. The van der Waals surface area contributed by atoms with Crippen LogP contribution in [-0.2, 0) is 0 Å². The second-order valence-electron chi connectivity index (χ2n) is 3.10. The minimum absolute atomic E-state index is 0.464. The number of hydrogen-bond donors (Lipinski definition) is 0. The zero-order valence-electron chi connectivity index (χ0n) is 6.88. The number of halogens is 1. The summed E-state index contributed by atoms with van der Waals surface area (Å²) in [5.74, 6) is 0.912. The van der Waals surface area contributed by atoms with Crippen LogP contribution in [0.1, 0.15) is 18.4 Å². The van der Waals surface area contributed by atoms with Gasteiger partial charge in [0.05, 0.1) is 12.3 Å². The molecule has 1 fully saturated rings. The number of hydrogen-bond acceptors (Lipinski definition) is 2. The number of nitrogens with zero attached hydrogens (tertiary/aromatic N) is 1. The Hall–Kier alpha value is -0.320. The molecule has 1 aliphatic rings.